The minimum absolute atomic E-state index is 0.00104. The molecule has 0 aliphatic carbocycles. The number of nitrogens with one attached hydrogen (secondary N) is 2. The minimum atomic E-state index is -0.136. The maximum atomic E-state index is 11.6. The second-order valence-electron chi connectivity index (χ2n) is 4.03. The molecule has 100 valence electrons. The van der Waals surface area contributed by atoms with Crippen LogP contribution in [-0.4, -0.2) is 26.6 Å². The highest BCUT2D eigenvalue weighted by atomic mass is 35.5. The molecule has 1 atom stereocenters. The van der Waals surface area contributed by atoms with E-state index in [4.69, 9.17) is 16.3 Å². The van der Waals surface area contributed by atoms with Crippen molar-refractivity contribution in [3.8, 4) is 5.75 Å². The fourth-order valence-electron chi connectivity index (χ4n) is 1.67. The molecule has 1 amide bonds. The third kappa shape index (κ3) is 4.20. The van der Waals surface area contributed by atoms with Gasteiger partial charge in [0.25, 0.3) is 0 Å². The lowest BCUT2D eigenvalue weighted by Crippen LogP contribution is -2.29. The van der Waals surface area contributed by atoms with Gasteiger partial charge in [0.1, 0.15) is 5.75 Å². The standard InChI is InChI=1S/C13H19ClN2O2/c1-9(16-13(17)6-7-15-2)11-8-10(14)4-5-12(11)18-3/h4-5,8-9,15H,6-7H2,1-3H3,(H,16,17). The van der Waals surface area contributed by atoms with E-state index in [0.29, 0.717) is 18.0 Å². The molecule has 1 aromatic carbocycles. The van der Waals surface area contributed by atoms with Gasteiger partial charge >= 0.3 is 0 Å². The molecule has 0 saturated carbocycles. The molecule has 0 heterocycles. The van der Waals surface area contributed by atoms with Crippen molar-refractivity contribution in [2.45, 2.75) is 19.4 Å². The van der Waals surface area contributed by atoms with Crippen LogP contribution in [0.15, 0.2) is 18.2 Å². The lowest BCUT2D eigenvalue weighted by molar-refractivity contribution is -0.121. The van der Waals surface area contributed by atoms with Crippen LogP contribution in [0.2, 0.25) is 5.02 Å². The van der Waals surface area contributed by atoms with Gasteiger partial charge in [0.15, 0.2) is 0 Å². The molecule has 0 saturated heterocycles. The Morgan fingerprint density at radius 2 is 2.22 bits per heavy atom. The highest BCUT2D eigenvalue weighted by molar-refractivity contribution is 6.30. The molecule has 0 aliphatic heterocycles. The first-order valence-corrected chi connectivity index (χ1v) is 6.23. The van der Waals surface area contributed by atoms with Crippen molar-refractivity contribution in [2.75, 3.05) is 20.7 Å². The molecule has 0 aromatic heterocycles. The summed E-state index contributed by atoms with van der Waals surface area (Å²) >= 11 is 5.96. The summed E-state index contributed by atoms with van der Waals surface area (Å²) in [6, 6.07) is 5.24. The van der Waals surface area contributed by atoms with Gasteiger partial charge in [-0.3, -0.25) is 4.79 Å². The van der Waals surface area contributed by atoms with Gasteiger partial charge in [-0.1, -0.05) is 11.6 Å². The topological polar surface area (TPSA) is 50.4 Å². The maximum absolute atomic E-state index is 11.6. The van der Waals surface area contributed by atoms with Crippen molar-refractivity contribution in [1.82, 2.24) is 10.6 Å². The third-order valence-corrected chi connectivity index (χ3v) is 2.87. The Kier molecular flexibility index (Phi) is 5.95. The van der Waals surface area contributed by atoms with E-state index in [-0.39, 0.29) is 11.9 Å². The first kappa shape index (κ1) is 14.8. The molecule has 0 spiro atoms. The number of hydrogen-bond donors (Lipinski definition) is 2. The summed E-state index contributed by atoms with van der Waals surface area (Å²) in [7, 11) is 3.42. The van der Waals surface area contributed by atoms with Gasteiger partial charge in [-0.2, -0.15) is 0 Å². The zero-order valence-electron chi connectivity index (χ0n) is 10.9. The van der Waals surface area contributed by atoms with Crippen LogP contribution in [0.1, 0.15) is 24.9 Å². The number of carbonyl (C=O) groups excluding carboxylic acids is 1. The second kappa shape index (κ2) is 7.24. The summed E-state index contributed by atoms with van der Waals surface area (Å²) in [5, 5.41) is 6.48. The molecule has 1 unspecified atom stereocenters. The van der Waals surface area contributed by atoms with Crippen molar-refractivity contribution >= 4 is 17.5 Å². The zero-order chi connectivity index (χ0) is 13.5. The molecule has 4 nitrogen and oxygen atoms in total. The van der Waals surface area contributed by atoms with E-state index in [2.05, 4.69) is 10.6 Å². The van der Waals surface area contributed by atoms with Crippen LogP contribution in [-0.2, 0) is 4.79 Å². The Balaban J connectivity index is 2.73. The van der Waals surface area contributed by atoms with E-state index in [1.807, 2.05) is 20.0 Å². The third-order valence-electron chi connectivity index (χ3n) is 2.64. The van der Waals surface area contributed by atoms with Crippen LogP contribution >= 0.6 is 11.6 Å². The van der Waals surface area contributed by atoms with Crippen LogP contribution in [0.3, 0.4) is 0 Å². The minimum Gasteiger partial charge on any atom is -0.496 e. The van der Waals surface area contributed by atoms with E-state index in [1.165, 1.54) is 0 Å². The van der Waals surface area contributed by atoms with Gasteiger partial charge < -0.3 is 15.4 Å². The maximum Gasteiger partial charge on any atom is 0.221 e. The molecule has 1 rings (SSSR count). The summed E-state index contributed by atoms with van der Waals surface area (Å²) in [6.45, 7) is 2.57. The van der Waals surface area contributed by atoms with E-state index < -0.39 is 0 Å². The molecule has 0 bridgehead atoms. The predicted octanol–water partition coefficient (Wildman–Crippen LogP) is 2.14. The number of rotatable bonds is 6. The highest BCUT2D eigenvalue weighted by Crippen LogP contribution is 2.28. The van der Waals surface area contributed by atoms with E-state index >= 15 is 0 Å². The molecule has 0 aliphatic rings. The van der Waals surface area contributed by atoms with Gasteiger partial charge in [0, 0.05) is 23.6 Å². The quantitative estimate of drug-likeness (QED) is 0.833. The Bertz CT molecular complexity index is 410. The lowest BCUT2D eigenvalue weighted by atomic mass is 10.1. The normalized spacial score (nSPS) is 12.0. The summed E-state index contributed by atoms with van der Waals surface area (Å²) in [4.78, 5) is 11.6. The molecule has 18 heavy (non-hydrogen) atoms. The molecular formula is C13H19ClN2O2. The molecule has 2 N–H and O–H groups in total. The SMILES string of the molecule is CNCCC(=O)NC(C)c1cc(Cl)ccc1OC. The Labute approximate surface area is 113 Å². The first-order chi connectivity index (χ1) is 8.58. The number of halogens is 1. The predicted molar refractivity (Wildman–Crippen MR) is 73.1 cm³/mol. The smallest absolute Gasteiger partial charge is 0.221 e. The van der Waals surface area contributed by atoms with Crippen molar-refractivity contribution < 1.29 is 9.53 Å². The van der Waals surface area contributed by atoms with Crippen LogP contribution in [0.4, 0.5) is 0 Å². The van der Waals surface area contributed by atoms with Gasteiger partial charge in [0.2, 0.25) is 5.91 Å². The van der Waals surface area contributed by atoms with Crippen LogP contribution in [0, 0.1) is 0 Å². The zero-order valence-corrected chi connectivity index (χ0v) is 11.7. The summed E-state index contributed by atoms with van der Waals surface area (Å²) in [6.07, 6.45) is 0.448. The van der Waals surface area contributed by atoms with E-state index in [1.54, 1.807) is 19.2 Å². The van der Waals surface area contributed by atoms with Crippen LogP contribution < -0.4 is 15.4 Å². The molecule has 0 radical (unpaired) electrons. The highest BCUT2D eigenvalue weighted by Gasteiger charge is 2.14. The lowest BCUT2D eigenvalue weighted by Gasteiger charge is -2.17. The molecular weight excluding hydrogens is 252 g/mol. The number of methoxy groups -OCH3 is 1. The van der Waals surface area contributed by atoms with Gasteiger partial charge in [-0.15, -0.1) is 0 Å². The van der Waals surface area contributed by atoms with Crippen LogP contribution in [0.25, 0.3) is 0 Å². The number of hydrogen-bond acceptors (Lipinski definition) is 3. The largest absolute Gasteiger partial charge is 0.496 e. The average Bonchev–Trinajstić information content (AvgIpc) is 2.36. The summed E-state index contributed by atoms with van der Waals surface area (Å²) in [5.41, 5.74) is 0.878. The molecule has 5 heteroatoms. The Hall–Kier alpha value is -1.26. The van der Waals surface area contributed by atoms with Gasteiger partial charge in [-0.05, 0) is 32.2 Å². The first-order valence-electron chi connectivity index (χ1n) is 5.86. The fourth-order valence-corrected chi connectivity index (χ4v) is 1.85. The van der Waals surface area contributed by atoms with E-state index in [0.717, 1.165) is 11.3 Å². The molecule has 0 fully saturated rings. The number of carbonyl (C=O) groups is 1. The summed E-state index contributed by atoms with van der Waals surface area (Å²) in [5.74, 6) is 0.722. The summed E-state index contributed by atoms with van der Waals surface area (Å²) < 4.78 is 5.26. The number of amides is 1. The van der Waals surface area contributed by atoms with Gasteiger partial charge in [-0.25, -0.2) is 0 Å². The molecule has 1 aromatic rings. The van der Waals surface area contributed by atoms with Crippen molar-refractivity contribution in [3.05, 3.63) is 28.8 Å². The number of ether oxygens (including phenoxy) is 1. The van der Waals surface area contributed by atoms with Crippen molar-refractivity contribution in [1.29, 1.82) is 0 Å². The monoisotopic (exact) mass is 270 g/mol. The van der Waals surface area contributed by atoms with E-state index in [9.17, 15) is 4.79 Å². The van der Waals surface area contributed by atoms with Gasteiger partial charge in [0.05, 0.1) is 13.2 Å². The van der Waals surface area contributed by atoms with Crippen LogP contribution in [0.5, 0.6) is 5.75 Å². The average molecular weight is 271 g/mol. The Morgan fingerprint density at radius 1 is 1.50 bits per heavy atom. The second-order valence-corrected chi connectivity index (χ2v) is 4.47. The Morgan fingerprint density at radius 3 is 2.83 bits per heavy atom. The number of benzene rings is 1. The van der Waals surface area contributed by atoms with Crippen molar-refractivity contribution in [3.63, 3.8) is 0 Å². The fraction of sp³-hybridized carbons (Fsp3) is 0.462. The van der Waals surface area contributed by atoms with Crippen molar-refractivity contribution in [2.24, 2.45) is 0 Å².